The molecule has 0 aliphatic heterocycles. The predicted molar refractivity (Wildman–Crippen MR) is 118 cm³/mol. The molecule has 0 amide bonds. The topological polar surface area (TPSA) is 83.0 Å². The number of methoxy groups -OCH3 is 1. The molecule has 7 heteroatoms. The highest BCUT2D eigenvalue weighted by Gasteiger charge is 2.37. The van der Waals surface area contributed by atoms with Crippen LogP contribution in [0, 0.1) is 0 Å². The number of aromatic nitrogens is 3. The Bertz CT molecular complexity index is 1090. The van der Waals surface area contributed by atoms with E-state index in [0.29, 0.717) is 18.0 Å². The monoisotopic (exact) mass is 424 g/mol. The van der Waals surface area contributed by atoms with Crippen LogP contribution in [0.3, 0.4) is 0 Å². The van der Waals surface area contributed by atoms with Crippen molar-refractivity contribution in [2.24, 2.45) is 5.73 Å². The van der Waals surface area contributed by atoms with Gasteiger partial charge in [0, 0.05) is 34.8 Å². The van der Waals surface area contributed by atoms with E-state index < -0.39 is 0 Å². The summed E-state index contributed by atoms with van der Waals surface area (Å²) in [5, 5.41) is 5.38. The van der Waals surface area contributed by atoms with E-state index in [2.05, 4.69) is 16.1 Å². The number of hydrogen-bond donors (Lipinski definition) is 1. The number of hydrogen-bond acceptors (Lipinski definition) is 5. The fourth-order valence-corrected chi connectivity index (χ4v) is 4.53. The van der Waals surface area contributed by atoms with Crippen molar-refractivity contribution in [3.8, 4) is 17.0 Å². The lowest BCUT2D eigenvalue weighted by Gasteiger charge is -2.40. The highest BCUT2D eigenvalue weighted by atomic mass is 35.5. The number of ether oxygens (including phenoxy) is 1. The summed E-state index contributed by atoms with van der Waals surface area (Å²) in [5.74, 6) is 0.652. The Balaban J connectivity index is 1.59. The molecule has 1 aromatic carbocycles. The molecule has 2 heterocycles. The third-order valence-electron chi connectivity index (χ3n) is 6.16. The molecule has 0 spiro atoms. The summed E-state index contributed by atoms with van der Waals surface area (Å²) in [6.45, 7) is 0.553. The molecule has 0 atom stereocenters. The Morgan fingerprint density at radius 3 is 2.70 bits per heavy atom. The lowest BCUT2D eigenvalue weighted by Crippen LogP contribution is -2.41. The van der Waals surface area contributed by atoms with Gasteiger partial charge in [-0.15, -0.1) is 0 Å². The molecule has 0 saturated heterocycles. The van der Waals surface area contributed by atoms with Gasteiger partial charge >= 0.3 is 0 Å². The maximum atomic E-state index is 12.6. The molecule has 1 saturated carbocycles. The first-order chi connectivity index (χ1) is 14.5. The molecular formula is C23H25ClN4O2. The molecule has 4 rings (SSSR count). The number of pyridine rings is 1. The minimum absolute atomic E-state index is 0.0369. The van der Waals surface area contributed by atoms with Crippen molar-refractivity contribution in [2.75, 3.05) is 13.7 Å². The summed E-state index contributed by atoms with van der Waals surface area (Å²) < 4.78 is 6.87. The Labute approximate surface area is 180 Å². The van der Waals surface area contributed by atoms with Crippen LogP contribution >= 0.6 is 11.6 Å². The molecule has 2 aromatic heterocycles. The van der Waals surface area contributed by atoms with E-state index in [-0.39, 0.29) is 17.0 Å². The van der Waals surface area contributed by atoms with E-state index in [4.69, 9.17) is 22.1 Å². The van der Waals surface area contributed by atoms with Crippen molar-refractivity contribution < 1.29 is 4.74 Å². The van der Waals surface area contributed by atoms with Crippen LogP contribution in [0.4, 0.5) is 0 Å². The largest absolute Gasteiger partial charge is 0.495 e. The average molecular weight is 425 g/mol. The van der Waals surface area contributed by atoms with Gasteiger partial charge in [0.1, 0.15) is 5.75 Å². The van der Waals surface area contributed by atoms with Gasteiger partial charge in [0.05, 0.1) is 25.0 Å². The van der Waals surface area contributed by atoms with Crippen LogP contribution in [0.15, 0.2) is 59.7 Å². The Hall–Kier alpha value is -2.70. The maximum absolute atomic E-state index is 12.6. The summed E-state index contributed by atoms with van der Waals surface area (Å²) in [6, 6.07) is 13.2. The lowest BCUT2D eigenvalue weighted by molar-refractivity contribution is 0.222. The van der Waals surface area contributed by atoms with Crippen molar-refractivity contribution in [1.82, 2.24) is 14.8 Å². The molecule has 1 fully saturated rings. The number of halogens is 1. The molecule has 6 nitrogen and oxygen atoms in total. The third kappa shape index (κ3) is 3.98. The van der Waals surface area contributed by atoms with Gasteiger partial charge in [0.25, 0.3) is 5.56 Å². The van der Waals surface area contributed by atoms with Crippen molar-refractivity contribution in [3.05, 3.63) is 75.8 Å². The van der Waals surface area contributed by atoms with E-state index in [0.717, 1.165) is 36.3 Å². The molecule has 30 heavy (non-hydrogen) atoms. The first-order valence-corrected chi connectivity index (χ1v) is 10.5. The minimum atomic E-state index is -0.112. The normalized spacial score (nSPS) is 21.4. The second-order valence-electron chi connectivity index (χ2n) is 7.84. The van der Waals surface area contributed by atoms with Crippen LogP contribution in [0.2, 0.25) is 5.02 Å². The zero-order chi connectivity index (χ0) is 21.1. The molecule has 0 unspecified atom stereocenters. The van der Waals surface area contributed by atoms with E-state index in [1.807, 2.05) is 24.3 Å². The first-order valence-electron chi connectivity index (χ1n) is 10.1. The number of nitrogens with zero attached hydrogens (tertiary/aromatic N) is 3. The standard InChI is InChI=1S/C23H25ClN4O2/c1-30-20-11-16(13-26-14-20)21-5-6-22(29)28(27-21)19-7-9-23(15-25,10-8-19)17-3-2-4-18(24)12-17/h2-6,11-14,19H,7-10,15,25H2,1H3. The summed E-state index contributed by atoms with van der Waals surface area (Å²) in [6.07, 6.45) is 6.79. The van der Waals surface area contributed by atoms with Gasteiger partial charge in [-0.3, -0.25) is 9.78 Å². The molecule has 3 aromatic rings. The van der Waals surface area contributed by atoms with Crippen LogP contribution in [0.25, 0.3) is 11.3 Å². The quantitative estimate of drug-likeness (QED) is 0.669. The number of nitrogens with two attached hydrogens (primary N) is 1. The highest BCUT2D eigenvalue weighted by molar-refractivity contribution is 6.30. The van der Waals surface area contributed by atoms with E-state index in [1.54, 1.807) is 36.3 Å². The SMILES string of the molecule is COc1cncc(-c2ccc(=O)n(C3CCC(CN)(c4cccc(Cl)c4)CC3)n2)c1. The highest BCUT2D eigenvalue weighted by Crippen LogP contribution is 2.42. The average Bonchev–Trinajstić information content (AvgIpc) is 2.79. The van der Waals surface area contributed by atoms with Crippen LogP contribution in [-0.4, -0.2) is 28.4 Å². The van der Waals surface area contributed by atoms with Crippen molar-refractivity contribution in [1.29, 1.82) is 0 Å². The van der Waals surface area contributed by atoms with Gasteiger partial charge in [-0.25, -0.2) is 4.68 Å². The smallest absolute Gasteiger partial charge is 0.267 e. The predicted octanol–water partition coefficient (Wildman–Crippen LogP) is 3.98. The zero-order valence-electron chi connectivity index (χ0n) is 16.9. The molecular weight excluding hydrogens is 400 g/mol. The van der Waals surface area contributed by atoms with Crippen LogP contribution in [0.5, 0.6) is 5.75 Å². The van der Waals surface area contributed by atoms with Gasteiger partial charge in [-0.2, -0.15) is 5.10 Å². The first kappa shape index (κ1) is 20.6. The van der Waals surface area contributed by atoms with Gasteiger partial charge in [-0.1, -0.05) is 23.7 Å². The molecule has 0 radical (unpaired) electrons. The van der Waals surface area contributed by atoms with Crippen molar-refractivity contribution in [2.45, 2.75) is 37.1 Å². The second-order valence-corrected chi connectivity index (χ2v) is 8.28. The van der Waals surface area contributed by atoms with Gasteiger partial charge < -0.3 is 10.5 Å². The fraction of sp³-hybridized carbons (Fsp3) is 0.348. The maximum Gasteiger partial charge on any atom is 0.267 e. The number of rotatable bonds is 5. The van der Waals surface area contributed by atoms with E-state index >= 15 is 0 Å². The van der Waals surface area contributed by atoms with Crippen LogP contribution in [-0.2, 0) is 5.41 Å². The van der Waals surface area contributed by atoms with Gasteiger partial charge in [0.15, 0.2) is 0 Å². The summed E-state index contributed by atoms with van der Waals surface area (Å²) >= 11 is 6.22. The Morgan fingerprint density at radius 1 is 1.20 bits per heavy atom. The summed E-state index contributed by atoms with van der Waals surface area (Å²) in [5.41, 5.74) is 8.70. The lowest BCUT2D eigenvalue weighted by atomic mass is 9.68. The molecule has 2 N–H and O–H groups in total. The molecule has 1 aliphatic carbocycles. The molecule has 0 bridgehead atoms. The molecule has 1 aliphatic rings. The third-order valence-corrected chi connectivity index (χ3v) is 6.39. The van der Waals surface area contributed by atoms with E-state index in [1.165, 1.54) is 5.56 Å². The van der Waals surface area contributed by atoms with E-state index in [9.17, 15) is 4.79 Å². The van der Waals surface area contributed by atoms with Crippen LogP contribution < -0.4 is 16.0 Å². The zero-order valence-corrected chi connectivity index (χ0v) is 17.7. The summed E-state index contributed by atoms with van der Waals surface area (Å²) in [7, 11) is 1.60. The van der Waals surface area contributed by atoms with Gasteiger partial charge in [-0.05, 0) is 55.5 Å². The Morgan fingerprint density at radius 2 is 2.00 bits per heavy atom. The minimum Gasteiger partial charge on any atom is -0.495 e. The molecule has 156 valence electrons. The second kappa shape index (κ2) is 8.58. The van der Waals surface area contributed by atoms with Crippen LogP contribution in [0.1, 0.15) is 37.3 Å². The van der Waals surface area contributed by atoms with Gasteiger partial charge in [0.2, 0.25) is 0 Å². The summed E-state index contributed by atoms with van der Waals surface area (Å²) in [4.78, 5) is 16.8. The Kier molecular flexibility index (Phi) is 5.88. The fourth-order valence-electron chi connectivity index (χ4n) is 4.34. The number of benzene rings is 1. The van der Waals surface area contributed by atoms with Crippen molar-refractivity contribution >= 4 is 11.6 Å². The van der Waals surface area contributed by atoms with Crippen molar-refractivity contribution in [3.63, 3.8) is 0 Å².